The third-order valence-corrected chi connectivity index (χ3v) is 5.44. The van der Waals surface area contributed by atoms with Crippen molar-refractivity contribution in [1.82, 2.24) is 4.90 Å². The van der Waals surface area contributed by atoms with Gasteiger partial charge in [0, 0.05) is 12.1 Å². The van der Waals surface area contributed by atoms with Crippen LogP contribution in [0.5, 0.6) is 0 Å². The molecule has 0 saturated carbocycles. The van der Waals surface area contributed by atoms with Gasteiger partial charge in [0.05, 0.1) is 0 Å². The number of hydrogen-bond acceptors (Lipinski definition) is 2. The van der Waals surface area contributed by atoms with Gasteiger partial charge in [-0.3, -0.25) is 4.90 Å². The van der Waals surface area contributed by atoms with Crippen molar-refractivity contribution in [3.05, 3.63) is 35.6 Å². The van der Waals surface area contributed by atoms with Crippen molar-refractivity contribution in [2.75, 3.05) is 13.1 Å². The first-order valence-electron chi connectivity index (χ1n) is 8.26. The first kappa shape index (κ1) is 16.4. The number of nitrogens with two attached hydrogens (primary N) is 1. The van der Waals surface area contributed by atoms with E-state index in [2.05, 4.69) is 18.7 Å². The Labute approximate surface area is 128 Å². The normalized spacial score (nSPS) is 22.0. The Hall–Kier alpha value is -0.930. The van der Waals surface area contributed by atoms with Crippen LogP contribution in [0, 0.1) is 11.2 Å². The largest absolute Gasteiger partial charge is 0.326 e. The molecular formula is C18H29FN2. The number of hydrogen-bond donors (Lipinski definition) is 1. The second-order valence-corrected chi connectivity index (χ2v) is 6.60. The van der Waals surface area contributed by atoms with Gasteiger partial charge in [-0.1, -0.05) is 38.8 Å². The van der Waals surface area contributed by atoms with E-state index in [0.717, 1.165) is 18.7 Å². The highest BCUT2D eigenvalue weighted by atomic mass is 19.1. The fourth-order valence-electron chi connectivity index (χ4n) is 3.77. The van der Waals surface area contributed by atoms with Gasteiger partial charge in [0.1, 0.15) is 5.82 Å². The molecule has 0 spiro atoms. The molecule has 0 amide bonds. The zero-order chi connectivity index (χ0) is 15.5. The minimum atomic E-state index is -0.174. The average molecular weight is 292 g/mol. The second kappa shape index (κ2) is 6.89. The molecule has 21 heavy (non-hydrogen) atoms. The van der Waals surface area contributed by atoms with Gasteiger partial charge < -0.3 is 5.73 Å². The summed E-state index contributed by atoms with van der Waals surface area (Å²) in [5.41, 5.74) is 7.72. The zero-order valence-electron chi connectivity index (χ0n) is 13.6. The Bertz CT molecular complexity index is 444. The lowest BCUT2D eigenvalue weighted by Gasteiger charge is -2.45. The molecule has 0 aliphatic carbocycles. The first-order valence-corrected chi connectivity index (χ1v) is 8.26. The fraction of sp³-hybridized carbons (Fsp3) is 0.667. The molecule has 0 bridgehead atoms. The van der Waals surface area contributed by atoms with Gasteiger partial charge in [0.2, 0.25) is 0 Å². The van der Waals surface area contributed by atoms with Crippen LogP contribution >= 0.6 is 0 Å². The van der Waals surface area contributed by atoms with E-state index in [1.54, 1.807) is 12.1 Å². The van der Waals surface area contributed by atoms with Gasteiger partial charge in [0.25, 0.3) is 0 Å². The molecule has 3 heteroatoms. The van der Waals surface area contributed by atoms with Crippen molar-refractivity contribution < 1.29 is 4.39 Å². The van der Waals surface area contributed by atoms with Crippen LogP contribution in [-0.4, -0.2) is 24.0 Å². The maximum Gasteiger partial charge on any atom is 0.123 e. The Morgan fingerprint density at radius 3 is 2.33 bits per heavy atom. The molecule has 2 N–H and O–H groups in total. The van der Waals surface area contributed by atoms with Crippen LogP contribution in [0.4, 0.5) is 4.39 Å². The molecule has 1 aliphatic heterocycles. The summed E-state index contributed by atoms with van der Waals surface area (Å²) in [4.78, 5) is 2.45. The molecule has 2 nitrogen and oxygen atoms in total. The van der Waals surface area contributed by atoms with Crippen LogP contribution in [0.1, 0.15) is 58.1 Å². The molecule has 1 heterocycles. The highest BCUT2D eigenvalue weighted by Crippen LogP contribution is 2.40. The predicted octanol–water partition coefficient (Wildman–Crippen LogP) is 4.12. The topological polar surface area (TPSA) is 29.3 Å². The smallest absolute Gasteiger partial charge is 0.123 e. The minimum absolute atomic E-state index is 0.00236. The van der Waals surface area contributed by atoms with Crippen molar-refractivity contribution in [3.8, 4) is 0 Å². The molecular weight excluding hydrogens is 263 g/mol. The Morgan fingerprint density at radius 1 is 1.24 bits per heavy atom. The maximum absolute atomic E-state index is 13.5. The SMILES string of the molecule is CCC1(CC)CCN(C(c2cccc(F)c2)C(C)N)CC1. The molecule has 2 rings (SSSR count). The van der Waals surface area contributed by atoms with Crippen LogP contribution in [0.25, 0.3) is 0 Å². The lowest BCUT2D eigenvalue weighted by molar-refractivity contribution is 0.0586. The molecule has 1 aromatic carbocycles. The second-order valence-electron chi connectivity index (χ2n) is 6.60. The number of likely N-dealkylation sites (tertiary alicyclic amines) is 1. The summed E-state index contributed by atoms with van der Waals surface area (Å²) in [6.45, 7) is 8.75. The maximum atomic E-state index is 13.5. The van der Waals surface area contributed by atoms with Crippen molar-refractivity contribution >= 4 is 0 Å². The van der Waals surface area contributed by atoms with Gasteiger partial charge in [-0.15, -0.1) is 0 Å². The van der Waals surface area contributed by atoms with E-state index < -0.39 is 0 Å². The zero-order valence-corrected chi connectivity index (χ0v) is 13.6. The standard InChI is InChI=1S/C18H29FN2/c1-4-18(5-2)9-11-21(12-10-18)17(14(3)20)15-7-6-8-16(19)13-15/h6-8,13-14,17H,4-5,9-12,20H2,1-3H3. The quantitative estimate of drug-likeness (QED) is 0.884. The van der Waals surface area contributed by atoms with Crippen LogP contribution in [-0.2, 0) is 0 Å². The molecule has 2 atom stereocenters. The van der Waals surface area contributed by atoms with E-state index in [9.17, 15) is 4.39 Å². The molecule has 1 aliphatic rings. The molecule has 1 saturated heterocycles. The van der Waals surface area contributed by atoms with Gasteiger partial charge in [0.15, 0.2) is 0 Å². The fourth-order valence-corrected chi connectivity index (χ4v) is 3.77. The van der Waals surface area contributed by atoms with Crippen LogP contribution in [0.2, 0.25) is 0 Å². The molecule has 2 unspecified atom stereocenters. The molecule has 0 radical (unpaired) electrons. The highest BCUT2D eigenvalue weighted by Gasteiger charge is 2.35. The number of nitrogens with zero attached hydrogens (tertiary/aromatic N) is 1. The van der Waals surface area contributed by atoms with Crippen LogP contribution < -0.4 is 5.73 Å². The summed E-state index contributed by atoms with van der Waals surface area (Å²) < 4.78 is 13.5. The monoisotopic (exact) mass is 292 g/mol. The van der Waals surface area contributed by atoms with Crippen molar-refractivity contribution in [2.24, 2.45) is 11.1 Å². The van der Waals surface area contributed by atoms with E-state index in [0.29, 0.717) is 5.41 Å². The van der Waals surface area contributed by atoms with Crippen molar-refractivity contribution in [1.29, 1.82) is 0 Å². The number of benzene rings is 1. The third kappa shape index (κ3) is 3.64. The van der Waals surface area contributed by atoms with Gasteiger partial charge >= 0.3 is 0 Å². The lowest BCUT2D eigenvalue weighted by atomic mass is 9.73. The number of rotatable bonds is 5. The summed E-state index contributed by atoms with van der Waals surface area (Å²) in [6, 6.07) is 7.03. The molecule has 1 aromatic rings. The summed E-state index contributed by atoms with van der Waals surface area (Å²) in [6.07, 6.45) is 4.94. The lowest BCUT2D eigenvalue weighted by Crippen LogP contribution is -2.46. The molecule has 0 aromatic heterocycles. The van der Waals surface area contributed by atoms with Crippen LogP contribution in [0.3, 0.4) is 0 Å². The third-order valence-electron chi connectivity index (χ3n) is 5.44. The number of halogens is 1. The van der Waals surface area contributed by atoms with E-state index in [-0.39, 0.29) is 17.9 Å². The van der Waals surface area contributed by atoms with Crippen LogP contribution in [0.15, 0.2) is 24.3 Å². The van der Waals surface area contributed by atoms with Gasteiger partial charge in [-0.25, -0.2) is 4.39 Å². The summed E-state index contributed by atoms with van der Waals surface area (Å²) in [5, 5.41) is 0. The molecule has 118 valence electrons. The Balaban J connectivity index is 2.14. The summed E-state index contributed by atoms with van der Waals surface area (Å²) >= 11 is 0. The van der Waals surface area contributed by atoms with E-state index in [4.69, 9.17) is 5.73 Å². The minimum Gasteiger partial charge on any atom is -0.326 e. The Kier molecular flexibility index (Phi) is 5.39. The van der Waals surface area contributed by atoms with Crippen molar-refractivity contribution in [2.45, 2.75) is 58.5 Å². The molecule has 1 fully saturated rings. The van der Waals surface area contributed by atoms with E-state index in [1.807, 2.05) is 13.0 Å². The summed E-state index contributed by atoms with van der Waals surface area (Å²) in [5.74, 6) is -0.174. The first-order chi connectivity index (χ1) is 10.0. The van der Waals surface area contributed by atoms with Gasteiger partial charge in [-0.05, 0) is 56.0 Å². The van der Waals surface area contributed by atoms with E-state index >= 15 is 0 Å². The summed E-state index contributed by atoms with van der Waals surface area (Å²) in [7, 11) is 0. The average Bonchev–Trinajstić information content (AvgIpc) is 2.48. The van der Waals surface area contributed by atoms with Crippen molar-refractivity contribution in [3.63, 3.8) is 0 Å². The Morgan fingerprint density at radius 2 is 1.86 bits per heavy atom. The predicted molar refractivity (Wildman–Crippen MR) is 86.6 cm³/mol. The van der Waals surface area contributed by atoms with Gasteiger partial charge in [-0.2, -0.15) is 0 Å². The highest BCUT2D eigenvalue weighted by molar-refractivity contribution is 5.22. The number of piperidine rings is 1. The van der Waals surface area contributed by atoms with E-state index in [1.165, 1.54) is 31.7 Å².